The largest absolute Gasteiger partial charge is 0.547 e. The van der Waals surface area contributed by atoms with Gasteiger partial charge in [0.05, 0.1) is 28.6 Å². The molecule has 204 valence electrons. The number of nitrogens with one attached hydrogen (secondary N) is 1. The molecule has 0 saturated heterocycles. The SMILES string of the molecule is Cc1ccc(CN(Cc2ccccn2)Cc2ccccn2)nc1.O=CNC1Cc2cccc(C(=O)O)c2OB1O. The van der Waals surface area contributed by atoms with E-state index in [2.05, 4.69) is 44.2 Å². The molecule has 4 heterocycles. The van der Waals surface area contributed by atoms with Crippen LogP contribution in [0.25, 0.3) is 0 Å². The van der Waals surface area contributed by atoms with Crippen molar-refractivity contribution in [2.75, 3.05) is 0 Å². The first-order valence-corrected chi connectivity index (χ1v) is 12.8. The van der Waals surface area contributed by atoms with Crippen molar-refractivity contribution in [2.24, 2.45) is 0 Å². The number of para-hydroxylation sites is 1. The Bertz CT molecular complexity index is 1350. The number of carboxylic acid groups (broad SMARTS) is 1. The smallest absolute Gasteiger partial charge is 0.534 e. The van der Waals surface area contributed by atoms with Gasteiger partial charge in [-0.25, -0.2) is 4.79 Å². The number of carbonyl (C=O) groups is 2. The van der Waals surface area contributed by atoms with Gasteiger partial charge >= 0.3 is 13.1 Å². The Morgan fingerprint density at radius 3 is 2.15 bits per heavy atom. The second-order valence-electron chi connectivity index (χ2n) is 9.32. The van der Waals surface area contributed by atoms with Gasteiger partial charge < -0.3 is 20.1 Å². The fourth-order valence-electron chi connectivity index (χ4n) is 4.25. The van der Waals surface area contributed by atoms with Crippen molar-refractivity contribution < 1.29 is 24.4 Å². The van der Waals surface area contributed by atoms with E-state index in [1.165, 1.54) is 11.6 Å². The van der Waals surface area contributed by atoms with Crippen molar-refractivity contribution in [1.82, 2.24) is 25.2 Å². The fourth-order valence-corrected chi connectivity index (χ4v) is 4.25. The third kappa shape index (κ3) is 7.95. The minimum absolute atomic E-state index is 0.00565. The van der Waals surface area contributed by atoms with Crippen LogP contribution in [0.1, 0.15) is 38.6 Å². The van der Waals surface area contributed by atoms with Gasteiger partial charge in [0, 0.05) is 38.2 Å². The number of hydrogen-bond acceptors (Lipinski definition) is 8. The van der Waals surface area contributed by atoms with Crippen LogP contribution in [0.2, 0.25) is 0 Å². The van der Waals surface area contributed by atoms with Crippen LogP contribution in [0, 0.1) is 6.92 Å². The molecule has 5 rings (SSSR count). The minimum Gasteiger partial charge on any atom is -0.534 e. The molecular formula is C29H30BN5O5. The maximum atomic E-state index is 11.0. The zero-order valence-corrected chi connectivity index (χ0v) is 22.1. The maximum absolute atomic E-state index is 11.0. The molecular weight excluding hydrogens is 509 g/mol. The molecule has 1 aliphatic heterocycles. The number of aryl methyl sites for hydroxylation is 1. The molecule has 11 heteroatoms. The summed E-state index contributed by atoms with van der Waals surface area (Å²) in [6.45, 7) is 4.36. The summed E-state index contributed by atoms with van der Waals surface area (Å²) in [5.41, 5.74) is 4.99. The van der Waals surface area contributed by atoms with Crippen LogP contribution in [0.15, 0.2) is 85.3 Å². The first-order chi connectivity index (χ1) is 19.4. The van der Waals surface area contributed by atoms with E-state index in [1.807, 2.05) is 55.0 Å². The van der Waals surface area contributed by atoms with Crippen molar-refractivity contribution >= 4 is 19.5 Å². The average molecular weight is 539 g/mol. The molecule has 0 saturated carbocycles. The number of rotatable bonds is 9. The number of benzene rings is 1. The minimum atomic E-state index is -1.24. The van der Waals surface area contributed by atoms with Crippen LogP contribution in [0.3, 0.4) is 0 Å². The molecule has 4 aromatic rings. The van der Waals surface area contributed by atoms with Gasteiger partial charge in [-0.2, -0.15) is 0 Å². The number of pyridine rings is 3. The first kappa shape index (κ1) is 28.4. The number of nitrogens with zero attached hydrogens (tertiary/aromatic N) is 4. The molecule has 1 amide bonds. The molecule has 3 N–H and O–H groups in total. The van der Waals surface area contributed by atoms with Gasteiger partial charge in [0.1, 0.15) is 5.75 Å². The lowest BCUT2D eigenvalue weighted by molar-refractivity contribution is -0.109. The molecule has 0 fully saturated rings. The van der Waals surface area contributed by atoms with E-state index in [-0.39, 0.29) is 11.3 Å². The van der Waals surface area contributed by atoms with Crippen LogP contribution in [0.4, 0.5) is 0 Å². The van der Waals surface area contributed by atoms with E-state index >= 15 is 0 Å². The Balaban J connectivity index is 0.000000194. The maximum Gasteiger partial charge on any atom is 0.547 e. The first-order valence-electron chi connectivity index (χ1n) is 12.8. The van der Waals surface area contributed by atoms with Gasteiger partial charge in [-0.3, -0.25) is 24.6 Å². The predicted molar refractivity (Wildman–Crippen MR) is 149 cm³/mol. The van der Waals surface area contributed by atoms with Gasteiger partial charge in [0.15, 0.2) is 0 Å². The molecule has 10 nitrogen and oxygen atoms in total. The lowest BCUT2D eigenvalue weighted by Crippen LogP contribution is -2.50. The molecule has 1 aliphatic rings. The molecule has 0 aliphatic carbocycles. The van der Waals surface area contributed by atoms with Crippen LogP contribution >= 0.6 is 0 Å². The van der Waals surface area contributed by atoms with E-state index in [9.17, 15) is 14.6 Å². The van der Waals surface area contributed by atoms with Crippen LogP contribution < -0.4 is 9.97 Å². The number of aromatic carboxylic acids is 1. The van der Waals surface area contributed by atoms with Crippen molar-refractivity contribution in [3.8, 4) is 5.75 Å². The molecule has 1 unspecified atom stereocenters. The number of fused-ring (bicyclic) bond motifs is 1. The molecule has 0 radical (unpaired) electrons. The van der Waals surface area contributed by atoms with E-state index < -0.39 is 19.0 Å². The Labute approximate surface area is 232 Å². The van der Waals surface area contributed by atoms with Crippen molar-refractivity contribution in [2.45, 2.75) is 38.9 Å². The third-order valence-electron chi connectivity index (χ3n) is 6.21. The second-order valence-corrected chi connectivity index (χ2v) is 9.32. The van der Waals surface area contributed by atoms with Gasteiger partial charge in [0.25, 0.3) is 0 Å². The van der Waals surface area contributed by atoms with Crippen LogP contribution in [-0.4, -0.2) is 55.4 Å². The molecule has 40 heavy (non-hydrogen) atoms. The Hall–Kier alpha value is -4.61. The highest BCUT2D eigenvalue weighted by Crippen LogP contribution is 2.29. The number of aromatic nitrogens is 3. The zero-order valence-electron chi connectivity index (χ0n) is 22.1. The summed E-state index contributed by atoms with van der Waals surface area (Å²) >= 11 is 0. The van der Waals surface area contributed by atoms with Crippen LogP contribution in [0.5, 0.6) is 5.75 Å². The Kier molecular flexibility index (Phi) is 9.92. The summed E-state index contributed by atoms with van der Waals surface area (Å²) in [6, 6.07) is 20.9. The van der Waals surface area contributed by atoms with E-state index in [1.54, 1.807) is 12.1 Å². The van der Waals surface area contributed by atoms with E-state index in [4.69, 9.17) is 9.76 Å². The second kappa shape index (κ2) is 14.0. The van der Waals surface area contributed by atoms with Gasteiger partial charge in [-0.05, 0) is 60.9 Å². The van der Waals surface area contributed by atoms with Crippen molar-refractivity contribution in [1.29, 1.82) is 0 Å². The van der Waals surface area contributed by atoms with Crippen LogP contribution in [-0.2, 0) is 30.8 Å². The Morgan fingerprint density at radius 2 is 1.62 bits per heavy atom. The average Bonchev–Trinajstić information content (AvgIpc) is 2.96. The monoisotopic (exact) mass is 539 g/mol. The highest BCUT2D eigenvalue weighted by atomic mass is 16.5. The summed E-state index contributed by atoms with van der Waals surface area (Å²) in [5.74, 6) is -1.52. The normalized spacial score (nSPS) is 13.9. The summed E-state index contributed by atoms with van der Waals surface area (Å²) in [6.07, 6.45) is 6.38. The zero-order chi connectivity index (χ0) is 28.3. The highest BCUT2D eigenvalue weighted by molar-refractivity contribution is 6.46. The van der Waals surface area contributed by atoms with Crippen molar-refractivity contribution in [3.05, 3.63) is 119 Å². The van der Waals surface area contributed by atoms with Gasteiger partial charge in [-0.1, -0.05) is 30.3 Å². The number of hydrogen-bond donors (Lipinski definition) is 3. The number of carbonyl (C=O) groups excluding carboxylic acids is 1. The molecule has 1 atom stereocenters. The van der Waals surface area contributed by atoms with E-state index in [0.717, 1.165) is 36.7 Å². The topological polar surface area (TPSA) is 138 Å². The summed E-state index contributed by atoms with van der Waals surface area (Å²) in [4.78, 5) is 37.0. The standard InChI is InChI=1S/C19H20N4.C10H10BNO5/c1-16-8-9-19(22-12-16)15-23(13-17-6-2-4-10-20-17)14-18-7-3-5-11-21-18;13-5-12-8-4-6-2-1-3-7(10(14)15)9(6)17-11(8)16/h2-12H,13-15H2,1H3;1-3,5,8,16H,4H2,(H,12,13)(H,14,15). The number of amides is 1. The lowest BCUT2D eigenvalue weighted by Gasteiger charge is -2.27. The Morgan fingerprint density at radius 1 is 0.975 bits per heavy atom. The van der Waals surface area contributed by atoms with Gasteiger partial charge in [0.2, 0.25) is 6.41 Å². The molecule has 3 aromatic heterocycles. The lowest BCUT2D eigenvalue weighted by atomic mass is 9.72. The number of carboxylic acids is 1. The van der Waals surface area contributed by atoms with E-state index in [0.29, 0.717) is 18.4 Å². The predicted octanol–water partition coefficient (Wildman–Crippen LogP) is 2.84. The quantitative estimate of drug-likeness (QED) is 0.217. The third-order valence-corrected chi connectivity index (χ3v) is 6.21. The fraction of sp³-hybridized carbons (Fsp3) is 0.207. The summed E-state index contributed by atoms with van der Waals surface area (Å²) < 4.78 is 5.14. The summed E-state index contributed by atoms with van der Waals surface area (Å²) in [7, 11) is -1.24. The molecule has 0 spiro atoms. The highest BCUT2D eigenvalue weighted by Gasteiger charge is 2.36. The van der Waals surface area contributed by atoms with Gasteiger partial charge in [-0.15, -0.1) is 0 Å². The van der Waals surface area contributed by atoms with Crippen molar-refractivity contribution in [3.63, 3.8) is 0 Å². The molecule has 0 bridgehead atoms. The summed E-state index contributed by atoms with van der Waals surface area (Å²) in [5, 5.41) is 21.0. The molecule has 1 aromatic carbocycles.